The minimum absolute atomic E-state index is 0.0359. The summed E-state index contributed by atoms with van der Waals surface area (Å²) in [6, 6.07) is 0. The normalized spacial score (nSPS) is 67.8. The molecule has 0 saturated carbocycles. The third-order valence-electron chi connectivity index (χ3n) is 3.70. The van der Waals surface area contributed by atoms with Gasteiger partial charge in [-0.05, 0) is 0 Å². The van der Waals surface area contributed by atoms with Crippen LogP contribution in [0.15, 0.2) is 0 Å². The van der Waals surface area contributed by atoms with Crippen molar-refractivity contribution in [3.05, 3.63) is 0 Å². The standard InChI is InChI=1S/C9H14O3/c1-3-6-4(2)8-9(11-6)5(10)7(3)12-8/h3-10H,1-2H3/t3-,4+,5?,6+,7-,8-,9-/m1/s1. The van der Waals surface area contributed by atoms with Crippen LogP contribution < -0.4 is 0 Å². The fourth-order valence-electron chi connectivity index (χ4n) is 3.02. The van der Waals surface area contributed by atoms with E-state index in [0.717, 1.165) is 0 Å². The van der Waals surface area contributed by atoms with Gasteiger partial charge in [-0.1, -0.05) is 13.8 Å². The van der Waals surface area contributed by atoms with Crippen molar-refractivity contribution in [3.63, 3.8) is 0 Å². The first-order valence-corrected chi connectivity index (χ1v) is 4.69. The lowest BCUT2D eigenvalue weighted by molar-refractivity contribution is -0.149. The Labute approximate surface area is 71.7 Å². The summed E-state index contributed by atoms with van der Waals surface area (Å²) in [5, 5.41) is 9.74. The third-order valence-corrected chi connectivity index (χ3v) is 3.70. The van der Waals surface area contributed by atoms with Gasteiger partial charge in [0.15, 0.2) is 0 Å². The smallest absolute Gasteiger partial charge is 0.113 e. The molecule has 0 aliphatic carbocycles. The van der Waals surface area contributed by atoms with Crippen molar-refractivity contribution >= 4 is 0 Å². The molecule has 3 heteroatoms. The van der Waals surface area contributed by atoms with Gasteiger partial charge in [-0.15, -0.1) is 0 Å². The maximum atomic E-state index is 9.74. The molecule has 0 aromatic carbocycles. The van der Waals surface area contributed by atoms with Gasteiger partial charge in [0.05, 0.1) is 18.3 Å². The van der Waals surface area contributed by atoms with Crippen molar-refractivity contribution in [2.45, 2.75) is 44.4 Å². The van der Waals surface area contributed by atoms with Gasteiger partial charge < -0.3 is 14.6 Å². The summed E-state index contributed by atoms with van der Waals surface area (Å²) in [6.07, 6.45) is 0.0979. The molecule has 3 nitrogen and oxygen atoms in total. The Morgan fingerprint density at radius 3 is 2.08 bits per heavy atom. The van der Waals surface area contributed by atoms with Crippen LogP contribution in [0.2, 0.25) is 0 Å². The minimum Gasteiger partial charge on any atom is -0.388 e. The highest BCUT2D eigenvalue weighted by Crippen LogP contribution is 2.49. The van der Waals surface area contributed by atoms with E-state index in [-0.39, 0.29) is 24.4 Å². The van der Waals surface area contributed by atoms with Crippen molar-refractivity contribution in [2.24, 2.45) is 11.8 Å². The quantitative estimate of drug-likeness (QED) is 0.563. The summed E-state index contributed by atoms with van der Waals surface area (Å²) in [7, 11) is 0. The van der Waals surface area contributed by atoms with E-state index in [1.54, 1.807) is 0 Å². The van der Waals surface area contributed by atoms with E-state index in [9.17, 15) is 5.11 Å². The molecule has 4 rings (SSSR count). The Kier molecular flexibility index (Phi) is 1.23. The van der Waals surface area contributed by atoms with Crippen LogP contribution in [0.4, 0.5) is 0 Å². The van der Waals surface area contributed by atoms with E-state index in [4.69, 9.17) is 9.47 Å². The first-order valence-electron chi connectivity index (χ1n) is 4.69. The summed E-state index contributed by atoms with van der Waals surface area (Å²) in [5.74, 6) is 0.809. The number of hydrogen-bond donors (Lipinski definition) is 1. The number of aliphatic hydroxyl groups excluding tert-OH is 1. The van der Waals surface area contributed by atoms with Crippen LogP contribution in [-0.2, 0) is 9.47 Å². The molecule has 4 aliphatic rings. The van der Waals surface area contributed by atoms with Gasteiger partial charge in [-0.3, -0.25) is 0 Å². The van der Waals surface area contributed by atoms with Gasteiger partial charge in [0.2, 0.25) is 0 Å². The molecule has 4 fully saturated rings. The summed E-state index contributed by atoms with van der Waals surface area (Å²) >= 11 is 0. The van der Waals surface area contributed by atoms with E-state index in [0.29, 0.717) is 17.9 Å². The van der Waals surface area contributed by atoms with Crippen molar-refractivity contribution in [3.8, 4) is 0 Å². The molecule has 0 amide bonds. The molecular weight excluding hydrogens is 156 g/mol. The molecule has 0 spiro atoms. The Hall–Kier alpha value is -0.120. The topological polar surface area (TPSA) is 38.7 Å². The van der Waals surface area contributed by atoms with Gasteiger partial charge >= 0.3 is 0 Å². The first-order chi connectivity index (χ1) is 5.70. The van der Waals surface area contributed by atoms with E-state index < -0.39 is 0 Å². The molecule has 0 aromatic heterocycles. The monoisotopic (exact) mass is 170 g/mol. The molecule has 4 saturated heterocycles. The van der Waals surface area contributed by atoms with Crippen molar-refractivity contribution in [2.75, 3.05) is 0 Å². The molecule has 4 heterocycles. The van der Waals surface area contributed by atoms with Crippen LogP contribution in [0.5, 0.6) is 0 Å². The molecule has 12 heavy (non-hydrogen) atoms. The molecule has 0 aromatic rings. The second-order valence-corrected chi connectivity index (χ2v) is 4.34. The predicted octanol–water partition coefficient (Wildman–Crippen LogP) is 0.168. The van der Waals surface area contributed by atoms with Crippen LogP contribution in [0, 0.1) is 11.8 Å². The Bertz CT molecular complexity index is 188. The minimum atomic E-state index is -0.383. The highest BCUT2D eigenvalue weighted by Gasteiger charge is 2.63. The van der Waals surface area contributed by atoms with Crippen LogP contribution in [0.3, 0.4) is 0 Å². The maximum Gasteiger partial charge on any atom is 0.113 e. The molecule has 7 atom stereocenters. The van der Waals surface area contributed by atoms with E-state index in [1.165, 1.54) is 0 Å². The van der Waals surface area contributed by atoms with E-state index >= 15 is 0 Å². The molecule has 68 valence electrons. The average Bonchev–Trinajstić information content (AvgIpc) is 2.43. The van der Waals surface area contributed by atoms with Crippen LogP contribution >= 0.6 is 0 Å². The fraction of sp³-hybridized carbons (Fsp3) is 1.00. The largest absolute Gasteiger partial charge is 0.388 e. The molecule has 0 radical (unpaired) electrons. The number of hydrogen-bond acceptors (Lipinski definition) is 3. The average molecular weight is 170 g/mol. The molecular formula is C9H14O3. The highest BCUT2D eigenvalue weighted by atomic mass is 16.6. The second kappa shape index (κ2) is 2.03. The Morgan fingerprint density at radius 1 is 0.833 bits per heavy atom. The predicted molar refractivity (Wildman–Crippen MR) is 41.7 cm³/mol. The van der Waals surface area contributed by atoms with E-state index in [1.807, 2.05) is 0 Å². The van der Waals surface area contributed by atoms with Gasteiger partial charge in [0, 0.05) is 11.8 Å². The van der Waals surface area contributed by atoms with Gasteiger partial charge in [0.25, 0.3) is 0 Å². The third kappa shape index (κ3) is 0.605. The van der Waals surface area contributed by atoms with Crippen LogP contribution in [0.25, 0.3) is 0 Å². The van der Waals surface area contributed by atoms with E-state index in [2.05, 4.69) is 13.8 Å². The molecule has 1 N–H and O–H groups in total. The lowest BCUT2D eigenvalue weighted by atomic mass is 9.87. The number of ether oxygens (including phenoxy) is 2. The van der Waals surface area contributed by atoms with Crippen LogP contribution in [0.1, 0.15) is 13.8 Å². The molecule has 4 aliphatic heterocycles. The van der Waals surface area contributed by atoms with Crippen LogP contribution in [-0.4, -0.2) is 35.6 Å². The van der Waals surface area contributed by atoms with Crippen molar-refractivity contribution in [1.29, 1.82) is 0 Å². The zero-order valence-corrected chi connectivity index (χ0v) is 7.31. The zero-order valence-electron chi connectivity index (χ0n) is 7.31. The van der Waals surface area contributed by atoms with Gasteiger partial charge in [-0.2, -0.15) is 0 Å². The van der Waals surface area contributed by atoms with Gasteiger partial charge in [-0.25, -0.2) is 0 Å². The molecule has 1 unspecified atom stereocenters. The SMILES string of the molecule is C[C@@H]1[C@@H]2O[C@@H]3C(O)[C@@H]1O[C@@H]3[C@H]2C. The zero-order chi connectivity index (χ0) is 8.46. The summed E-state index contributed by atoms with van der Waals surface area (Å²) in [6.45, 7) is 4.26. The van der Waals surface area contributed by atoms with Gasteiger partial charge in [0.1, 0.15) is 12.2 Å². The number of aliphatic hydroxyl groups is 1. The Balaban J connectivity index is 2.01. The molecule has 4 bridgehead atoms. The summed E-state index contributed by atoms with van der Waals surface area (Å²) < 4.78 is 11.4. The van der Waals surface area contributed by atoms with Crippen molar-refractivity contribution < 1.29 is 14.6 Å². The summed E-state index contributed by atoms with van der Waals surface area (Å²) in [5.41, 5.74) is 0. The second-order valence-electron chi connectivity index (χ2n) is 4.34. The summed E-state index contributed by atoms with van der Waals surface area (Å²) in [4.78, 5) is 0. The maximum absolute atomic E-state index is 9.74. The number of rotatable bonds is 0. The Morgan fingerprint density at radius 2 is 1.42 bits per heavy atom. The fourth-order valence-corrected chi connectivity index (χ4v) is 3.02. The van der Waals surface area contributed by atoms with Crippen molar-refractivity contribution in [1.82, 2.24) is 0 Å². The first kappa shape index (κ1) is 7.30. The highest BCUT2D eigenvalue weighted by molar-refractivity contribution is 5.09. The lowest BCUT2D eigenvalue weighted by Gasteiger charge is -2.37. The lowest BCUT2D eigenvalue weighted by Crippen LogP contribution is -2.47.